The van der Waals surface area contributed by atoms with E-state index in [1.165, 1.54) is 12.1 Å². The van der Waals surface area contributed by atoms with Crippen molar-refractivity contribution in [3.8, 4) is 0 Å². The molecule has 0 aromatic heterocycles. The lowest BCUT2D eigenvalue weighted by Crippen LogP contribution is -2.44. The molecule has 2 unspecified atom stereocenters. The first-order valence-electron chi connectivity index (χ1n) is 6.58. The summed E-state index contributed by atoms with van der Waals surface area (Å²) in [5.41, 5.74) is 0. The van der Waals surface area contributed by atoms with Gasteiger partial charge in [0.15, 0.2) is 0 Å². The lowest BCUT2D eigenvalue weighted by molar-refractivity contribution is 0.320. The van der Waals surface area contributed by atoms with E-state index in [9.17, 15) is 12.8 Å². The third kappa shape index (κ3) is 4.89. The van der Waals surface area contributed by atoms with Gasteiger partial charge < -0.3 is 5.32 Å². The van der Waals surface area contributed by atoms with Gasteiger partial charge in [-0.15, -0.1) is 12.4 Å². The largest absolute Gasteiger partial charge is 0.316 e. The van der Waals surface area contributed by atoms with Crippen LogP contribution in [0.15, 0.2) is 27.6 Å². The van der Waals surface area contributed by atoms with E-state index in [0.29, 0.717) is 4.47 Å². The average molecular weight is 402 g/mol. The maximum Gasteiger partial charge on any atom is 0.243 e. The van der Waals surface area contributed by atoms with Crippen molar-refractivity contribution in [1.29, 1.82) is 0 Å². The number of nitrogens with one attached hydrogen (secondary N) is 2. The third-order valence-corrected chi connectivity index (χ3v) is 5.65. The number of rotatable bonds is 4. The molecule has 1 aliphatic rings. The summed E-state index contributed by atoms with van der Waals surface area (Å²) in [5.74, 6) is -0.516. The van der Waals surface area contributed by atoms with Crippen molar-refractivity contribution in [2.75, 3.05) is 13.1 Å². The summed E-state index contributed by atoms with van der Waals surface area (Å²) < 4.78 is 41.3. The molecule has 4 nitrogen and oxygen atoms in total. The van der Waals surface area contributed by atoms with Gasteiger partial charge in [0.2, 0.25) is 10.0 Å². The van der Waals surface area contributed by atoms with Crippen LogP contribution in [0.3, 0.4) is 0 Å². The quantitative estimate of drug-likeness (QED) is 0.815. The fourth-order valence-corrected chi connectivity index (χ4v) is 4.11. The van der Waals surface area contributed by atoms with Crippen LogP contribution in [-0.4, -0.2) is 27.5 Å². The van der Waals surface area contributed by atoms with Crippen LogP contribution in [0.25, 0.3) is 0 Å². The Morgan fingerprint density at radius 3 is 2.76 bits per heavy atom. The van der Waals surface area contributed by atoms with Crippen molar-refractivity contribution in [2.45, 2.75) is 30.7 Å². The SMILES string of the molecule is CC(NS(=O)(=O)c1ccc(Br)cc1F)C1CCCNC1.Cl. The van der Waals surface area contributed by atoms with Crippen LogP contribution in [0.5, 0.6) is 0 Å². The van der Waals surface area contributed by atoms with Crippen molar-refractivity contribution in [3.05, 3.63) is 28.5 Å². The van der Waals surface area contributed by atoms with Gasteiger partial charge in [0.1, 0.15) is 10.7 Å². The molecule has 2 rings (SSSR count). The molecule has 2 atom stereocenters. The monoisotopic (exact) mass is 400 g/mol. The Hall–Kier alpha value is -0.210. The van der Waals surface area contributed by atoms with Gasteiger partial charge in [0.25, 0.3) is 0 Å². The van der Waals surface area contributed by atoms with E-state index in [2.05, 4.69) is 26.0 Å². The molecule has 0 saturated carbocycles. The van der Waals surface area contributed by atoms with Gasteiger partial charge in [0, 0.05) is 10.5 Å². The van der Waals surface area contributed by atoms with E-state index in [1.807, 2.05) is 6.92 Å². The van der Waals surface area contributed by atoms with Gasteiger partial charge in [-0.3, -0.25) is 0 Å². The van der Waals surface area contributed by atoms with Gasteiger partial charge in [-0.1, -0.05) is 15.9 Å². The maximum atomic E-state index is 13.8. The standard InChI is InChI=1S/C13H18BrFN2O2S.ClH/c1-9(10-3-2-6-16-8-10)17-20(18,19)13-5-4-11(14)7-12(13)15;/h4-5,7,9-10,16-17H,2-3,6,8H2,1H3;1H. The molecular formula is C13H19BrClFN2O2S. The highest BCUT2D eigenvalue weighted by atomic mass is 79.9. The molecule has 8 heteroatoms. The molecular weight excluding hydrogens is 383 g/mol. The van der Waals surface area contributed by atoms with E-state index >= 15 is 0 Å². The summed E-state index contributed by atoms with van der Waals surface area (Å²) in [7, 11) is -3.83. The Balaban J connectivity index is 0.00000220. The second-order valence-corrected chi connectivity index (χ2v) is 7.69. The van der Waals surface area contributed by atoms with Crippen LogP contribution in [0, 0.1) is 11.7 Å². The van der Waals surface area contributed by atoms with Gasteiger partial charge in [-0.25, -0.2) is 17.5 Å². The molecule has 1 fully saturated rings. The van der Waals surface area contributed by atoms with E-state index in [-0.39, 0.29) is 29.3 Å². The minimum atomic E-state index is -3.83. The lowest BCUT2D eigenvalue weighted by atomic mass is 9.94. The smallest absolute Gasteiger partial charge is 0.243 e. The Morgan fingerprint density at radius 2 is 2.19 bits per heavy atom. The Morgan fingerprint density at radius 1 is 1.48 bits per heavy atom. The molecule has 1 aromatic rings. The maximum absolute atomic E-state index is 13.8. The zero-order valence-corrected chi connectivity index (χ0v) is 14.8. The molecule has 2 N–H and O–H groups in total. The first-order chi connectivity index (χ1) is 9.40. The number of hydrogen-bond donors (Lipinski definition) is 2. The molecule has 0 bridgehead atoms. The van der Waals surface area contributed by atoms with Gasteiger partial charge in [0.05, 0.1) is 0 Å². The van der Waals surface area contributed by atoms with Crippen molar-refractivity contribution in [2.24, 2.45) is 5.92 Å². The van der Waals surface area contributed by atoms with Gasteiger partial charge in [-0.05, 0) is 57.0 Å². The summed E-state index contributed by atoms with van der Waals surface area (Å²) in [6, 6.07) is 3.72. The van der Waals surface area contributed by atoms with E-state index in [4.69, 9.17) is 0 Å². The summed E-state index contributed by atoms with van der Waals surface area (Å²) in [6.45, 7) is 3.58. The first kappa shape index (κ1) is 18.8. The Labute approximate surface area is 139 Å². The summed E-state index contributed by atoms with van der Waals surface area (Å²) in [6.07, 6.45) is 2.00. The Bertz CT molecular complexity index is 580. The molecule has 0 aliphatic carbocycles. The minimum absolute atomic E-state index is 0. The van der Waals surface area contributed by atoms with Crippen molar-refractivity contribution in [1.82, 2.24) is 10.0 Å². The molecule has 0 spiro atoms. The first-order valence-corrected chi connectivity index (χ1v) is 8.86. The van der Waals surface area contributed by atoms with Gasteiger partial charge >= 0.3 is 0 Å². The van der Waals surface area contributed by atoms with Crippen LogP contribution in [-0.2, 0) is 10.0 Å². The second-order valence-electron chi connectivity index (χ2n) is 5.09. The summed E-state index contributed by atoms with van der Waals surface area (Å²) in [5, 5.41) is 3.25. The number of piperidine rings is 1. The predicted octanol–water partition coefficient (Wildman–Crippen LogP) is 2.68. The highest BCUT2D eigenvalue weighted by Gasteiger charge is 2.26. The molecule has 21 heavy (non-hydrogen) atoms. The van der Waals surface area contributed by atoms with Gasteiger partial charge in [-0.2, -0.15) is 0 Å². The van der Waals surface area contributed by atoms with Crippen LogP contribution >= 0.6 is 28.3 Å². The van der Waals surface area contributed by atoms with Crippen molar-refractivity contribution >= 4 is 38.4 Å². The molecule has 1 heterocycles. The van der Waals surface area contributed by atoms with Crippen LogP contribution < -0.4 is 10.0 Å². The molecule has 0 amide bonds. The molecule has 1 aromatic carbocycles. The topological polar surface area (TPSA) is 58.2 Å². The summed E-state index contributed by atoms with van der Waals surface area (Å²) >= 11 is 3.11. The van der Waals surface area contributed by atoms with E-state index in [0.717, 1.165) is 32.0 Å². The fourth-order valence-electron chi connectivity index (χ4n) is 2.40. The molecule has 1 aliphatic heterocycles. The average Bonchev–Trinajstić information content (AvgIpc) is 2.38. The highest BCUT2D eigenvalue weighted by Crippen LogP contribution is 2.21. The third-order valence-electron chi connectivity index (χ3n) is 3.57. The number of benzene rings is 1. The number of sulfonamides is 1. The molecule has 1 saturated heterocycles. The fraction of sp³-hybridized carbons (Fsp3) is 0.538. The predicted molar refractivity (Wildman–Crippen MR) is 86.7 cm³/mol. The summed E-state index contributed by atoms with van der Waals surface area (Å²) in [4.78, 5) is -0.309. The minimum Gasteiger partial charge on any atom is -0.316 e. The molecule has 0 radical (unpaired) electrons. The van der Waals surface area contributed by atoms with E-state index < -0.39 is 15.8 Å². The van der Waals surface area contributed by atoms with Crippen LogP contribution in [0.2, 0.25) is 0 Å². The molecule has 120 valence electrons. The second kappa shape index (κ2) is 7.87. The highest BCUT2D eigenvalue weighted by molar-refractivity contribution is 9.10. The van der Waals surface area contributed by atoms with Crippen molar-refractivity contribution in [3.63, 3.8) is 0 Å². The van der Waals surface area contributed by atoms with E-state index in [1.54, 1.807) is 0 Å². The number of hydrogen-bond acceptors (Lipinski definition) is 3. The Kier molecular flexibility index (Phi) is 7.06. The normalized spacial score (nSPS) is 20.6. The van der Waals surface area contributed by atoms with Crippen LogP contribution in [0.4, 0.5) is 4.39 Å². The zero-order chi connectivity index (χ0) is 14.8. The van der Waals surface area contributed by atoms with Crippen molar-refractivity contribution < 1.29 is 12.8 Å². The lowest BCUT2D eigenvalue weighted by Gasteiger charge is -2.28. The number of halogens is 3. The zero-order valence-electron chi connectivity index (χ0n) is 11.6. The van der Waals surface area contributed by atoms with Crippen LogP contribution in [0.1, 0.15) is 19.8 Å².